The van der Waals surface area contributed by atoms with Gasteiger partial charge in [0.2, 0.25) is 35.4 Å². The number of carboxylic acid groups (broad SMARTS) is 1. The largest absolute Gasteiger partial charge is 0.477 e. The molecule has 0 saturated carbocycles. The average Bonchev–Trinajstić information content (AvgIpc) is 0.753. The van der Waals surface area contributed by atoms with Gasteiger partial charge >= 0.3 is 5.97 Å². The van der Waals surface area contributed by atoms with E-state index in [0.29, 0.717) is 0 Å². The Labute approximate surface area is 825 Å². The summed E-state index contributed by atoms with van der Waals surface area (Å²) >= 11 is 0. The van der Waals surface area contributed by atoms with Gasteiger partial charge in [0.15, 0.2) is 62.9 Å². The lowest BCUT2D eigenvalue weighted by molar-refractivity contribution is -0.409. The number of nitrogens with one attached hydrogen (secondary N) is 6. The lowest BCUT2D eigenvalue weighted by Gasteiger charge is -2.52. The van der Waals surface area contributed by atoms with E-state index in [9.17, 15) is 192 Å². The summed E-state index contributed by atoms with van der Waals surface area (Å²) in [5.41, 5.74) is 0. The summed E-state index contributed by atoms with van der Waals surface area (Å²) < 4.78 is 128. The Morgan fingerprint density at radius 1 is 0.281 bits per heavy atom. The lowest BCUT2D eigenvalue weighted by atomic mass is 9.88. The first-order valence-corrected chi connectivity index (χ1v) is 46.3. The molecule has 6 amide bonds. The van der Waals surface area contributed by atoms with Crippen molar-refractivity contribution in [2.24, 2.45) is 0 Å². The van der Waals surface area contributed by atoms with Crippen LogP contribution in [0.3, 0.4) is 0 Å². The van der Waals surface area contributed by atoms with Crippen LogP contribution < -0.4 is 31.9 Å². The number of ether oxygens (including phenoxy) is 21. The van der Waals surface area contributed by atoms with E-state index in [-0.39, 0.29) is 0 Å². The molecule has 0 spiro atoms. The number of aliphatic carboxylic acids is 1. The predicted molar refractivity (Wildman–Crippen MR) is 449 cm³/mol. The third kappa shape index (κ3) is 26.9. The molecule has 0 aromatic carbocycles. The maximum Gasteiger partial charge on any atom is 0.364 e. The van der Waals surface area contributed by atoms with Gasteiger partial charge in [-0.15, -0.1) is 0 Å². The van der Waals surface area contributed by atoms with E-state index in [0.717, 1.165) is 41.5 Å². The molecule has 11 rings (SSSR count). The number of aliphatic hydroxyl groups excluding tert-OH is 30. The highest BCUT2D eigenvalue weighted by molar-refractivity contribution is 5.77. The fourth-order valence-corrected chi connectivity index (χ4v) is 18.8. The number of hydrogen-bond donors (Lipinski definition) is 37. The van der Waals surface area contributed by atoms with Crippen molar-refractivity contribution >= 4 is 41.4 Å². The standard InChI is InChI=1S/C81H134N6O59/c1-19(97)82-37-25(103)7-81(80(124)125,146-66(37)43(105)26(104)8-88)127-18-35-48(110)55(117)59(121)76(136-35)140-63-33(15-95)134-73(41(52(63)114)86-23(5)101)144-68-56(118)46(108)29(11-91)131-78(68)126-17-36-65(142-71-39(84-21(3)99)49(111)44(106)27(9-89)129-71)67(60(122)77(137-36)141-64-34(16-96)133-72(40(51(64)113)85-22(4)100)138-61-31(13-93)128-70(123)38(50(61)112)83-20(2)98)143-79-69(57(119)47(109)30(12-92)132-79)145-74-42(87-24(6)102)53(115)62(32(14-94)135-74)139-75-58(120)54(116)45(107)28(10-90)130-75/h25-79,88-96,103-123H,7-18H2,1-6H3,(H,82,97)(H,83,98)(H,84,99)(H,85,100)(H,86,101)(H,87,102)(H,124,125)/t25-,26+,27+,28+,29+,30+,31+,32+,33+,34+,35+,36+,37+,38+,39+,40+,41+,42+,43+,44+,45-,46+,47+,48-,49+,50+,51+,52+,53+,54-,55-,56-,57-,58+,59+,60-,61+,62+,63+,64+,65+,66+,67+,68-,69-,70+,71-,72-,73-,74-,75-,76-,77-,78-,79+,81+/m0/s1. The molecule has 37 N–H and O–H groups in total. The van der Waals surface area contributed by atoms with E-state index in [1.54, 1.807) is 0 Å². The van der Waals surface area contributed by atoms with Gasteiger partial charge in [0, 0.05) is 48.0 Å². The molecule has 11 aliphatic rings. The normalized spacial score (nSPS) is 47.0. The zero-order valence-corrected chi connectivity index (χ0v) is 78.5. The summed E-state index contributed by atoms with van der Waals surface area (Å²) in [7, 11) is 0. The molecule has 0 unspecified atom stereocenters. The van der Waals surface area contributed by atoms with Crippen molar-refractivity contribution in [1.29, 1.82) is 0 Å². The molecule has 146 heavy (non-hydrogen) atoms. The summed E-state index contributed by atoms with van der Waals surface area (Å²) in [5.74, 6) is -11.2. The van der Waals surface area contributed by atoms with Crippen molar-refractivity contribution in [1.82, 2.24) is 31.9 Å². The first kappa shape index (κ1) is 120. The highest BCUT2D eigenvalue weighted by atomic mass is 16.8. The Morgan fingerprint density at radius 2 is 0.568 bits per heavy atom. The maximum absolute atomic E-state index is 13.5. The Morgan fingerprint density at radius 3 is 0.966 bits per heavy atom. The SMILES string of the molecule is CC(=O)N[C@@H]1[C@@H](O)[C@H](O[C@@H]2O[C@H](CO)[C@@H](O[C@@H]3O[C@H](CO[C@H]4O[C@H](CO)[C@@H](O)[C@H](O)[C@@H]4O[C@@H]4O[C@H](CO)[C@@H](O[C@@H]5O[C@H](CO[C@]6(C(=O)O)C[C@H](O)[C@@H](NC(C)=O)[C@H]([C@H](O)[C@H](O)CO)O6)[C@H](O)[C@H](O)[C@H]5O)[C@H](O)[C@H]4NC(C)=O)[C@@H](O[C@@H]4O[C@H](CO)[C@@H](O)[C@H](O)[C@H]4NC(C)=O)[C@H](O[C@H]4O[C@H](CO)[C@@H](O)[C@H](O)[C@@H]4O[C@@H]4O[C@H](CO)[C@@H](O[C@@H]5O[C@H](CO)[C@H](O)[C@H](O)[C@H]5O)[C@H](O)[C@H]4NC(C)=O)[C@@H]3O)[C@H](O)[C@H]2NC(C)=O)[C@@H](CO)O[C@H]1O. The third-order valence-corrected chi connectivity index (χ3v) is 26.4. The van der Waals surface area contributed by atoms with Crippen LogP contribution in [0.1, 0.15) is 48.0 Å². The number of amides is 6. The van der Waals surface area contributed by atoms with E-state index >= 15 is 0 Å². The van der Waals surface area contributed by atoms with E-state index < -0.39 is 464 Å². The molecule has 0 radical (unpaired) electrons. The lowest BCUT2D eigenvalue weighted by Crippen LogP contribution is -2.71. The molecule has 11 heterocycles. The molecule has 0 bridgehead atoms. The van der Waals surface area contributed by atoms with Gasteiger partial charge in [-0.1, -0.05) is 0 Å². The van der Waals surface area contributed by atoms with Crippen LogP contribution in [0.15, 0.2) is 0 Å². The van der Waals surface area contributed by atoms with Crippen molar-refractivity contribution < 1.29 is 291 Å². The van der Waals surface area contributed by atoms with Gasteiger partial charge in [0.05, 0.1) is 84.8 Å². The Balaban J connectivity index is 0.980. The third-order valence-electron chi connectivity index (χ3n) is 26.4. The van der Waals surface area contributed by atoms with Crippen LogP contribution in [-0.2, 0) is 133 Å². The van der Waals surface area contributed by atoms with Gasteiger partial charge < -0.3 is 290 Å². The zero-order valence-electron chi connectivity index (χ0n) is 78.5. The van der Waals surface area contributed by atoms with Gasteiger partial charge in [-0.3, -0.25) is 28.8 Å². The number of aliphatic hydroxyl groups is 30. The Kier molecular flexibility index (Phi) is 43.3. The summed E-state index contributed by atoms with van der Waals surface area (Å²) in [6, 6.07) is -11.9. The highest BCUT2D eigenvalue weighted by Crippen LogP contribution is 2.44. The molecule has 65 heteroatoms. The molecule has 11 aliphatic heterocycles. The van der Waals surface area contributed by atoms with Crippen LogP contribution in [0.4, 0.5) is 0 Å². The van der Waals surface area contributed by atoms with Crippen molar-refractivity contribution in [3.8, 4) is 0 Å². The van der Waals surface area contributed by atoms with Crippen LogP contribution in [0, 0.1) is 0 Å². The summed E-state index contributed by atoms with van der Waals surface area (Å²) in [4.78, 5) is 91.0. The van der Waals surface area contributed by atoms with E-state index in [4.69, 9.17) is 99.5 Å². The van der Waals surface area contributed by atoms with Crippen LogP contribution in [-0.4, -0.2) is 615 Å². The number of carbonyl (C=O) groups excluding carboxylic acids is 6. The van der Waals surface area contributed by atoms with Gasteiger partial charge in [-0.25, -0.2) is 4.79 Å². The fourth-order valence-electron chi connectivity index (χ4n) is 18.8. The number of hydrogen-bond acceptors (Lipinski definition) is 58. The second kappa shape index (κ2) is 52.5. The van der Waals surface area contributed by atoms with Crippen molar-refractivity contribution in [2.45, 2.75) is 391 Å². The summed E-state index contributed by atoms with van der Waals surface area (Å²) in [6.07, 6.45) is -112. The second-order valence-corrected chi connectivity index (χ2v) is 36.7. The second-order valence-electron chi connectivity index (χ2n) is 36.7. The first-order chi connectivity index (χ1) is 68.9. The monoisotopic (exact) mass is 2130 g/mol. The van der Waals surface area contributed by atoms with Crippen LogP contribution in [0.25, 0.3) is 0 Å². The van der Waals surface area contributed by atoms with E-state index in [2.05, 4.69) is 31.9 Å². The average molecular weight is 2140 g/mol. The van der Waals surface area contributed by atoms with Gasteiger partial charge in [-0.2, -0.15) is 0 Å². The molecule has 0 aromatic heterocycles. The number of carboxylic acids is 1. The van der Waals surface area contributed by atoms with Crippen LogP contribution in [0.5, 0.6) is 0 Å². The van der Waals surface area contributed by atoms with Crippen molar-refractivity contribution in [2.75, 3.05) is 72.7 Å². The van der Waals surface area contributed by atoms with Crippen LogP contribution >= 0.6 is 0 Å². The molecule has 842 valence electrons. The summed E-state index contributed by atoms with van der Waals surface area (Å²) in [5, 5.41) is 365. The minimum atomic E-state index is -3.14. The van der Waals surface area contributed by atoms with Crippen molar-refractivity contribution in [3.05, 3.63) is 0 Å². The zero-order chi connectivity index (χ0) is 108. The minimum Gasteiger partial charge on any atom is -0.477 e. The topological polar surface area (TPSA) is 1010 Å². The van der Waals surface area contributed by atoms with E-state index in [1.165, 1.54) is 0 Å². The quantitative estimate of drug-likeness (QED) is 0.0271. The van der Waals surface area contributed by atoms with Gasteiger partial charge in [0.1, 0.15) is 262 Å². The van der Waals surface area contributed by atoms with Crippen molar-refractivity contribution in [3.63, 3.8) is 0 Å². The molecular formula is C81H134N6O59. The first-order valence-electron chi connectivity index (χ1n) is 46.3. The number of carbonyl (C=O) groups is 7. The molecule has 65 nitrogen and oxygen atoms in total. The minimum absolute atomic E-state index is 0.843. The molecule has 11 saturated heterocycles. The van der Waals surface area contributed by atoms with E-state index in [1.807, 2.05) is 0 Å². The molecule has 11 fully saturated rings. The molecule has 0 aliphatic carbocycles. The summed E-state index contributed by atoms with van der Waals surface area (Å²) in [6.45, 7) is -8.35. The smallest absolute Gasteiger partial charge is 0.364 e. The maximum atomic E-state index is 13.5. The number of rotatable bonds is 40. The van der Waals surface area contributed by atoms with Gasteiger partial charge in [0.25, 0.3) is 5.79 Å². The Bertz CT molecular complexity index is 4160. The fraction of sp³-hybridized carbons (Fsp3) is 0.914. The molecule has 56 atom stereocenters. The highest BCUT2D eigenvalue weighted by Gasteiger charge is 2.65. The predicted octanol–water partition coefficient (Wildman–Crippen LogP) is -24.9. The Hall–Kier alpha value is -5.75. The van der Waals surface area contributed by atoms with Crippen LogP contribution in [0.2, 0.25) is 0 Å². The molecular weight excluding hydrogens is 2000 g/mol. The molecule has 0 aromatic rings. The van der Waals surface area contributed by atoms with Gasteiger partial charge in [-0.05, 0) is 0 Å².